The van der Waals surface area contributed by atoms with Gasteiger partial charge in [-0.15, -0.1) is 0 Å². The van der Waals surface area contributed by atoms with Crippen LogP contribution in [0, 0.1) is 50.2 Å². The number of esters is 2. The molecule has 42 unspecified atom stereocenters. The number of carboxylic acid groups (broad SMARTS) is 1. The van der Waals surface area contributed by atoms with Gasteiger partial charge in [-0.2, -0.15) is 0 Å². The Morgan fingerprint density at radius 2 is 0.991 bits per heavy atom. The number of aliphatic hydroxyl groups excluding tert-OH is 17. The van der Waals surface area contributed by atoms with Crippen LogP contribution in [0.1, 0.15) is 127 Å². The SMILES string of the molecule is CC(=O)OC1C(C)OC(OC(=O)C23CCC(C)(C)CC2C2=CCC4C5(C)CCC(OC6OC(C(=O)O)C(O)C(OC7OCC(O)C(O)C7O)C6OC6OC(CO)C(O)C(O)C6O)C(C)(C=O)C5CCC4(C)C2(C)CC3)C(OC2OC(C)C(OC3OCC(O)C(O)C3O)C(OC3OC(CO)C(O)C(O)C3O)C2O)C1O. The molecule has 12 aliphatic rings. The van der Waals surface area contributed by atoms with Crippen LogP contribution in [0.25, 0.3) is 0 Å². The minimum Gasteiger partial charge on any atom is -0.479 e. The highest BCUT2D eigenvalue weighted by atomic mass is 16.8. The molecule has 0 amide bonds. The van der Waals surface area contributed by atoms with Gasteiger partial charge in [0.1, 0.15) is 134 Å². The van der Waals surface area contributed by atoms with E-state index in [2.05, 4.69) is 40.7 Å². The van der Waals surface area contributed by atoms with Gasteiger partial charge < -0.3 is 168 Å². The van der Waals surface area contributed by atoms with Crippen LogP contribution in [0.5, 0.6) is 0 Å². The lowest BCUT2D eigenvalue weighted by Gasteiger charge is -2.71. The lowest BCUT2D eigenvalue weighted by Crippen LogP contribution is -2.69. The average Bonchev–Trinajstić information content (AvgIpc) is 0.673. The second-order valence-electron chi connectivity index (χ2n) is 34.1. The van der Waals surface area contributed by atoms with Crippen LogP contribution in [0.3, 0.4) is 0 Å². The van der Waals surface area contributed by atoms with Crippen molar-refractivity contribution < 1.29 is 182 Å². The van der Waals surface area contributed by atoms with Gasteiger partial charge in [0, 0.05) is 6.92 Å². The third-order valence-electron chi connectivity index (χ3n) is 27.1. The summed E-state index contributed by atoms with van der Waals surface area (Å²) < 4.78 is 91.1. The third kappa shape index (κ3) is 15.0. The standard InChI is InChI=1S/C72H112O37/c1-26-51(99-28(3)76)48(89)56(107-63-50(91)54(105-61-46(87)42(83)40(81)33(21-73)100-61)52(27(2)97-63)103-59-44(85)38(79)31(77)23-95-59)64(98-26)109-66(94)72-18-16-67(4,5)20-30(72)29-10-11-36-68(6)14-13-37(69(7,25-75)35(68)12-15-71(36,9)70(29,8)17-19-72)102-65-57(108-62-47(88)43(84)41(82)34(22-74)101-62)53(49(90)55(106-65)58(92)93)104-60-45(86)39(80)32(78)24-96-60/h10,25-27,30-57,59-65,73-74,77-91H,11-24H2,1-9H3,(H,92,93). The molecular formula is C72H112O37. The van der Waals surface area contributed by atoms with E-state index in [0.29, 0.717) is 51.4 Å². The number of carbonyl (C=O) groups is 4. The van der Waals surface area contributed by atoms with Gasteiger partial charge in [-0.3, -0.25) is 9.59 Å². The van der Waals surface area contributed by atoms with Crippen molar-refractivity contribution in [3.8, 4) is 0 Å². The predicted molar refractivity (Wildman–Crippen MR) is 356 cm³/mol. The van der Waals surface area contributed by atoms with Crippen molar-refractivity contribution in [2.75, 3.05) is 26.4 Å². The zero-order chi connectivity index (χ0) is 79.6. The number of ether oxygens (including phenoxy) is 15. The lowest BCUT2D eigenvalue weighted by atomic mass is 9.33. The van der Waals surface area contributed by atoms with Crippen molar-refractivity contribution in [1.82, 2.24) is 0 Å². The van der Waals surface area contributed by atoms with Crippen molar-refractivity contribution in [2.45, 2.75) is 335 Å². The van der Waals surface area contributed by atoms with Crippen molar-refractivity contribution in [3.05, 3.63) is 11.6 Å². The molecule has 0 spiro atoms. The molecule has 5 aliphatic carbocycles. The quantitative estimate of drug-likeness (QED) is 0.0248. The first-order valence-corrected chi connectivity index (χ1v) is 37.8. The van der Waals surface area contributed by atoms with Crippen molar-refractivity contribution in [1.29, 1.82) is 0 Å². The van der Waals surface area contributed by atoms with Gasteiger partial charge in [-0.25, -0.2) is 4.79 Å². The van der Waals surface area contributed by atoms with Crippen molar-refractivity contribution in [3.63, 3.8) is 0 Å². The van der Waals surface area contributed by atoms with E-state index in [1.165, 1.54) is 13.8 Å². The number of carbonyl (C=O) groups excluding carboxylic acids is 3. The fourth-order valence-electron chi connectivity index (χ4n) is 20.5. The highest BCUT2D eigenvalue weighted by Crippen LogP contribution is 2.76. The lowest BCUT2D eigenvalue weighted by molar-refractivity contribution is -0.394. The van der Waals surface area contributed by atoms with E-state index in [4.69, 9.17) is 71.1 Å². The number of hydrogen-bond acceptors (Lipinski definition) is 36. The predicted octanol–water partition coefficient (Wildman–Crippen LogP) is -5.39. The molecule has 37 nitrogen and oxygen atoms in total. The van der Waals surface area contributed by atoms with Gasteiger partial charge in [-0.05, 0) is 117 Å². The monoisotopic (exact) mass is 1570 g/mol. The first kappa shape index (κ1) is 85.0. The maximum atomic E-state index is 16.0. The molecule has 0 bridgehead atoms. The number of hydrogen-bond donors (Lipinski definition) is 18. The Hall–Kier alpha value is -3.38. The molecule has 0 aromatic rings. The fourth-order valence-corrected chi connectivity index (χ4v) is 20.5. The van der Waals surface area contributed by atoms with Crippen LogP contribution in [0.2, 0.25) is 0 Å². The molecule has 0 radical (unpaired) electrons. The van der Waals surface area contributed by atoms with E-state index in [1.807, 2.05) is 0 Å². The van der Waals surface area contributed by atoms with Crippen LogP contribution < -0.4 is 0 Å². The molecule has 18 N–H and O–H groups in total. The molecule has 622 valence electrons. The van der Waals surface area contributed by atoms with E-state index < -0.39 is 292 Å². The number of aliphatic hydroxyl groups is 17. The van der Waals surface area contributed by atoms with Gasteiger partial charge in [0.15, 0.2) is 56.1 Å². The normalized spacial score (nSPS) is 53.4. The van der Waals surface area contributed by atoms with Crippen LogP contribution in [0.4, 0.5) is 0 Å². The Kier molecular flexibility index (Phi) is 25.2. The molecule has 0 aromatic heterocycles. The molecule has 7 aliphatic heterocycles. The summed E-state index contributed by atoms with van der Waals surface area (Å²) in [5.74, 6) is -4.35. The number of aldehydes is 1. The molecule has 0 aromatic carbocycles. The molecule has 7 saturated heterocycles. The summed E-state index contributed by atoms with van der Waals surface area (Å²) in [5, 5.41) is 197. The van der Waals surface area contributed by atoms with E-state index in [1.54, 1.807) is 6.92 Å². The second kappa shape index (κ2) is 32.3. The molecule has 37 heteroatoms. The van der Waals surface area contributed by atoms with Gasteiger partial charge >= 0.3 is 17.9 Å². The fraction of sp³-hybridized carbons (Fsp3) is 0.917. The number of carboxylic acids is 1. The molecule has 7 heterocycles. The zero-order valence-electron chi connectivity index (χ0n) is 62.2. The second-order valence-corrected chi connectivity index (χ2v) is 34.1. The van der Waals surface area contributed by atoms with Crippen LogP contribution in [-0.2, 0) is 90.2 Å². The zero-order valence-corrected chi connectivity index (χ0v) is 62.2. The first-order valence-electron chi connectivity index (χ1n) is 37.8. The Morgan fingerprint density at radius 3 is 1.55 bits per heavy atom. The summed E-state index contributed by atoms with van der Waals surface area (Å²) >= 11 is 0. The Morgan fingerprint density at radius 1 is 0.486 bits per heavy atom. The molecular weight excluding hydrogens is 1460 g/mol. The summed E-state index contributed by atoms with van der Waals surface area (Å²) in [6.45, 7) is 13.7. The minimum absolute atomic E-state index is 0.124. The van der Waals surface area contributed by atoms with Gasteiger partial charge in [0.2, 0.25) is 6.29 Å². The van der Waals surface area contributed by atoms with Gasteiger partial charge in [-0.1, -0.05) is 53.2 Å². The largest absolute Gasteiger partial charge is 0.479 e. The summed E-state index contributed by atoms with van der Waals surface area (Å²) in [6.07, 6.45) is -54.4. The van der Waals surface area contributed by atoms with Crippen LogP contribution >= 0.6 is 0 Å². The third-order valence-corrected chi connectivity index (χ3v) is 27.1. The van der Waals surface area contributed by atoms with E-state index in [0.717, 1.165) is 18.8 Å². The number of aliphatic carboxylic acids is 1. The molecule has 11 fully saturated rings. The molecule has 109 heavy (non-hydrogen) atoms. The van der Waals surface area contributed by atoms with E-state index in [-0.39, 0.29) is 24.2 Å². The maximum Gasteiger partial charge on any atom is 0.335 e. The summed E-state index contributed by atoms with van der Waals surface area (Å²) in [6, 6.07) is 0. The van der Waals surface area contributed by atoms with Gasteiger partial charge in [0.05, 0.1) is 55.6 Å². The highest BCUT2D eigenvalue weighted by molar-refractivity contribution is 5.79. The smallest absolute Gasteiger partial charge is 0.335 e. The average molecular weight is 1570 g/mol. The number of rotatable bonds is 19. The van der Waals surface area contributed by atoms with Crippen molar-refractivity contribution in [2.24, 2.45) is 50.2 Å². The first-order chi connectivity index (χ1) is 51.1. The highest BCUT2D eigenvalue weighted by Gasteiger charge is 2.72. The van der Waals surface area contributed by atoms with E-state index in [9.17, 15) is 106 Å². The van der Waals surface area contributed by atoms with Crippen molar-refractivity contribution >= 4 is 24.2 Å². The van der Waals surface area contributed by atoms with Crippen LogP contribution in [-0.4, -0.2) is 351 Å². The molecule has 42 atom stereocenters. The maximum absolute atomic E-state index is 16.0. The van der Waals surface area contributed by atoms with Crippen LogP contribution in [0.15, 0.2) is 11.6 Å². The Labute approximate surface area is 628 Å². The summed E-state index contributed by atoms with van der Waals surface area (Å²) in [5.41, 5.74) is -3.76. The minimum atomic E-state index is -2.22. The van der Waals surface area contributed by atoms with E-state index >= 15 is 4.79 Å². The Balaban J connectivity index is 0.819. The number of allylic oxidation sites excluding steroid dienone is 2. The Bertz CT molecular complexity index is 3220. The van der Waals surface area contributed by atoms with Gasteiger partial charge in [0.25, 0.3) is 0 Å². The summed E-state index contributed by atoms with van der Waals surface area (Å²) in [7, 11) is 0. The number of fused-ring (bicyclic) bond motifs is 7. The molecule has 12 rings (SSSR count). The topological polar surface area (TPSA) is 571 Å². The summed E-state index contributed by atoms with van der Waals surface area (Å²) in [4.78, 5) is 56.0. The molecule has 4 saturated carbocycles.